The monoisotopic (exact) mass is 368 g/mol. The van der Waals surface area contributed by atoms with Crippen molar-refractivity contribution in [1.82, 2.24) is 4.98 Å². The molecule has 6 heteroatoms. The number of hydrogen-bond acceptors (Lipinski definition) is 4. The van der Waals surface area contributed by atoms with Crippen LogP contribution < -0.4 is 11.1 Å². The summed E-state index contributed by atoms with van der Waals surface area (Å²) in [7, 11) is 0. The van der Waals surface area contributed by atoms with Gasteiger partial charge in [-0.2, -0.15) is 0 Å². The summed E-state index contributed by atoms with van der Waals surface area (Å²) < 4.78 is 27.5. The van der Waals surface area contributed by atoms with Crippen molar-refractivity contribution in [1.29, 1.82) is 0 Å². The molecule has 4 N–H and O–H groups in total. The number of fused-ring (bicyclic) bond motifs is 1. The fourth-order valence-electron chi connectivity index (χ4n) is 3.59. The second-order valence-corrected chi connectivity index (χ2v) is 7.05. The number of halogens is 2. The van der Waals surface area contributed by atoms with Crippen LogP contribution in [0, 0.1) is 17.7 Å². The summed E-state index contributed by atoms with van der Waals surface area (Å²) in [6, 6.07) is 11.4. The first kappa shape index (κ1) is 17.7. The topological polar surface area (TPSA) is 71.2 Å². The predicted molar refractivity (Wildman–Crippen MR) is 101 cm³/mol. The zero-order chi connectivity index (χ0) is 19.0. The van der Waals surface area contributed by atoms with Crippen molar-refractivity contribution in [2.24, 2.45) is 5.73 Å². The molecule has 3 aromatic rings. The van der Waals surface area contributed by atoms with Gasteiger partial charge in [-0.15, -0.1) is 0 Å². The molecule has 1 radical (unpaired) electrons. The Morgan fingerprint density at radius 1 is 1.04 bits per heavy atom. The van der Waals surface area contributed by atoms with Gasteiger partial charge in [-0.3, -0.25) is 4.98 Å². The van der Waals surface area contributed by atoms with Crippen molar-refractivity contribution in [3.8, 4) is 16.9 Å². The lowest BCUT2D eigenvalue weighted by molar-refractivity contribution is 0.396. The van der Waals surface area contributed by atoms with E-state index >= 15 is 0 Å². The Morgan fingerprint density at radius 2 is 1.74 bits per heavy atom. The van der Waals surface area contributed by atoms with E-state index in [1.165, 1.54) is 0 Å². The summed E-state index contributed by atoms with van der Waals surface area (Å²) in [6.45, 7) is 0. The minimum Gasteiger partial charge on any atom is -0.503 e. The number of nitrogens with zero attached hydrogens (tertiary/aromatic N) is 1. The maximum atomic E-state index is 13.7. The Kier molecular flexibility index (Phi) is 4.66. The predicted octanol–water partition coefficient (Wildman–Crippen LogP) is 4.37. The maximum Gasteiger partial charge on any atom is 0.187 e. The number of anilines is 1. The number of nitrogens with two attached hydrogens (primary N) is 1. The normalized spacial score (nSPS) is 20.0. The number of phenols is 1. The van der Waals surface area contributed by atoms with Gasteiger partial charge >= 0.3 is 0 Å². The highest BCUT2D eigenvalue weighted by Crippen LogP contribution is 2.32. The largest absolute Gasteiger partial charge is 0.503 e. The molecule has 1 heterocycles. The van der Waals surface area contributed by atoms with Crippen LogP contribution in [0.25, 0.3) is 22.0 Å². The molecule has 139 valence electrons. The van der Waals surface area contributed by atoms with Gasteiger partial charge < -0.3 is 16.2 Å². The zero-order valence-electron chi connectivity index (χ0n) is 14.7. The third kappa shape index (κ3) is 3.57. The highest BCUT2D eigenvalue weighted by Gasteiger charge is 2.19. The second-order valence-electron chi connectivity index (χ2n) is 7.05. The lowest BCUT2D eigenvalue weighted by Gasteiger charge is -2.28. The summed E-state index contributed by atoms with van der Waals surface area (Å²) in [5, 5.41) is 13.7. The molecule has 27 heavy (non-hydrogen) atoms. The van der Waals surface area contributed by atoms with Crippen molar-refractivity contribution in [2.45, 2.75) is 37.8 Å². The van der Waals surface area contributed by atoms with E-state index in [-0.39, 0.29) is 6.04 Å². The first-order valence-electron chi connectivity index (χ1n) is 9.02. The molecule has 0 atom stereocenters. The molecule has 0 spiro atoms. The van der Waals surface area contributed by atoms with Crippen LogP contribution in [0.3, 0.4) is 0 Å². The first-order valence-corrected chi connectivity index (χ1v) is 9.02. The van der Waals surface area contributed by atoms with E-state index in [1.54, 1.807) is 12.3 Å². The minimum absolute atomic E-state index is 0.270. The molecule has 1 saturated carbocycles. The van der Waals surface area contributed by atoms with Gasteiger partial charge in [0.15, 0.2) is 17.4 Å². The Bertz CT molecular complexity index is 961. The van der Waals surface area contributed by atoms with Crippen LogP contribution in [0.4, 0.5) is 14.5 Å². The summed E-state index contributed by atoms with van der Waals surface area (Å²) in [4.78, 5) is 4.33. The van der Waals surface area contributed by atoms with Gasteiger partial charge in [0.2, 0.25) is 0 Å². The van der Waals surface area contributed by atoms with E-state index in [2.05, 4.69) is 16.4 Å². The van der Waals surface area contributed by atoms with Crippen molar-refractivity contribution in [2.75, 3.05) is 5.32 Å². The molecule has 1 aliphatic rings. The molecule has 0 aliphatic heterocycles. The Hall–Kier alpha value is -2.73. The van der Waals surface area contributed by atoms with E-state index in [9.17, 15) is 13.9 Å². The van der Waals surface area contributed by atoms with Crippen molar-refractivity contribution in [3.63, 3.8) is 0 Å². The average molecular weight is 368 g/mol. The zero-order valence-corrected chi connectivity index (χ0v) is 14.7. The number of aromatic hydroxyl groups is 1. The van der Waals surface area contributed by atoms with Crippen molar-refractivity contribution < 1.29 is 13.9 Å². The van der Waals surface area contributed by atoms with Crippen LogP contribution in [-0.4, -0.2) is 22.2 Å². The summed E-state index contributed by atoms with van der Waals surface area (Å²) in [6.07, 6.45) is 5.58. The molecule has 0 amide bonds. The highest BCUT2D eigenvalue weighted by atomic mass is 19.1. The third-order valence-electron chi connectivity index (χ3n) is 5.15. The highest BCUT2D eigenvalue weighted by molar-refractivity contribution is 5.94. The Morgan fingerprint density at radius 3 is 2.44 bits per heavy atom. The second kappa shape index (κ2) is 7.12. The molecule has 2 aromatic carbocycles. The molecule has 4 rings (SSSR count). The number of hydrogen-bond donors (Lipinski definition) is 3. The molecular weight excluding hydrogens is 348 g/mol. The SMILES string of the molecule is N[C@H]1CC[C@@H](Nc2[c]cnc3ccc(-c4cc(F)c(O)c(F)c4)cc23)CC1. The van der Waals surface area contributed by atoms with Gasteiger partial charge in [0.1, 0.15) is 0 Å². The summed E-state index contributed by atoms with van der Waals surface area (Å²) in [5.74, 6) is -2.94. The maximum absolute atomic E-state index is 13.7. The number of phenolic OH excluding ortho intramolecular Hbond substituents is 1. The summed E-state index contributed by atoms with van der Waals surface area (Å²) >= 11 is 0. The quantitative estimate of drug-likeness (QED) is 0.642. The van der Waals surface area contributed by atoms with Gasteiger partial charge in [0.05, 0.1) is 11.2 Å². The number of rotatable bonds is 3. The van der Waals surface area contributed by atoms with Crippen molar-refractivity contribution in [3.05, 3.63) is 54.2 Å². The number of nitrogens with one attached hydrogen (secondary N) is 1. The fourth-order valence-corrected chi connectivity index (χ4v) is 3.59. The van der Waals surface area contributed by atoms with E-state index in [0.29, 0.717) is 17.2 Å². The van der Waals surface area contributed by atoms with E-state index in [4.69, 9.17) is 5.73 Å². The van der Waals surface area contributed by atoms with Crippen LogP contribution in [0.1, 0.15) is 25.7 Å². The van der Waals surface area contributed by atoms with Crippen molar-refractivity contribution >= 4 is 16.6 Å². The lowest BCUT2D eigenvalue weighted by Crippen LogP contribution is -2.32. The van der Waals surface area contributed by atoms with E-state index in [0.717, 1.165) is 54.4 Å². The smallest absolute Gasteiger partial charge is 0.187 e. The van der Waals surface area contributed by atoms with Crippen LogP contribution >= 0.6 is 0 Å². The average Bonchev–Trinajstić information content (AvgIpc) is 2.67. The van der Waals surface area contributed by atoms with Crippen LogP contribution in [0.15, 0.2) is 36.5 Å². The van der Waals surface area contributed by atoms with E-state index in [1.807, 2.05) is 12.1 Å². The van der Waals surface area contributed by atoms with Gasteiger partial charge in [0, 0.05) is 29.7 Å². The number of benzene rings is 2. The van der Waals surface area contributed by atoms with Crippen LogP contribution in [-0.2, 0) is 0 Å². The van der Waals surface area contributed by atoms with Gasteiger partial charge in [-0.05, 0) is 61.1 Å². The van der Waals surface area contributed by atoms with Crippen LogP contribution in [0.5, 0.6) is 5.75 Å². The lowest BCUT2D eigenvalue weighted by atomic mass is 9.91. The standard InChI is InChI=1S/C21H20F2N3O/c22-17-10-13(11-18(23)21(17)27)12-1-6-19-16(9-12)20(7-8-25-19)26-15-4-2-14(24)3-5-15/h1,6,8-11,14-15,27H,2-5,24H2,(H,25,26)/t14-,15+. The number of aromatic nitrogens is 1. The van der Waals surface area contributed by atoms with Crippen LogP contribution in [0.2, 0.25) is 0 Å². The van der Waals surface area contributed by atoms with Gasteiger partial charge in [0.25, 0.3) is 0 Å². The molecule has 1 aliphatic carbocycles. The van der Waals surface area contributed by atoms with Gasteiger partial charge in [-0.1, -0.05) is 6.07 Å². The Balaban J connectivity index is 1.71. The Labute approximate surface area is 156 Å². The molecule has 1 fully saturated rings. The molecular formula is C21H20F2N3O. The molecule has 0 unspecified atom stereocenters. The summed E-state index contributed by atoms with van der Waals surface area (Å²) in [5.41, 5.74) is 8.55. The third-order valence-corrected chi connectivity index (χ3v) is 5.15. The van der Waals surface area contributed by atoms with E-state index < -0.39 is 17.4 Å². The first-order chi connectivity index (χ1) is 13.0. The fraction of sp³-hybridized carbons (Fsp3) is 0.286. The molecule has 1 aromatic heterocycles. The minimum atomic E-state index is -0.986. The molecule has 4 nitrogen and oxygen atoms in total. The molecule has 0 bridgehead atoms. The molecule has 0 saturated heterocycles. The van der Waals surface area contributed by atoms with Gasteiger partial charge in [-0.25, -0.2) is 8.78 Å². The number of pyridine rings is 1.